The van der Waals surface area contributed by atoms with Crippen molar-refractivity contribution in [2.24, 2.45) is 0 Å². The smallest absolute Gasteiger partial charge is 0.0492 e. The van der Waals surface area contributed by atoms with Crippen LogP contribution in [0.15, 0.2) is 61.0 Å². The highest BCUT2D eigenvalue weighted by atomic mass is 15.2. The first kappa shape index (κ1) is 14.2. The maximum absolute atomic E-state index is 3.80. The van der Waals surface area contributed by atoms with E-state index in [9.17, 15) is 0 Å². The second-order valence-corrected chi connectivity index (χ2v) is 4.97. The van der Waals surface area contributed by atoms with Crippen molar-refractivity contribution in [3.8, 4) is 0 Å². The van der Waals surface area contributed by atoms with Gasteiger partial charge in [-0.15, -0.1) is 0 Å². The van der Waals surface area contributed by atoms with Gasteiger partial charge in [-0.1, -0.05) is 49.1 Å². The lowest BCUT2D eigenvalue weighted by molar-refractivity contribution is 0.464. The molecule has 0 saturated heterocycles. The molecule has 2 heteroatoms. The molecule has 20 heavy (non-hydrogen) atoms. The summed E-state index contributed by atoms with van der Waals surface area (Å²) in [4.78, 5) is 2.29. The molecule has 0 radical (unpaired) electrons. The standard InChI is InChI=1S/C18H22N2/c1-5-16-9-11-17(12-10-16)18-8-6-7-15(3)20(18)13-14(2)19-4/h5-13,15,19H,1H2,2-4H3/b14-13+. The minimum absolute atomic E-state index is 0.345. The van der Waals surface area contributed by atoms with Crippen molar-refractivity contribution in [1.82, 2.24) is 10.2 Å². The molecule has 1 aromatic rings. The summed E-state index contributed by atoms with van der Waals surface area (Å²) < 4.78 is 0. The van der Waals surface area contributed by atoms with E-state index in [4.69, 9.17) is 0 Å². The Kier molecular flexibility index (Phi) is 4.46. The Labute approximate surface area is 121 Å². The Morgan fingerprint density at radius 1 is 1.30 bits per heavy atom. The molecular formula is C18H22N2. The van der Waals surface area contributed by atoms with Gasteiger partial charge in [0.25, 0.3) is 0 Å². The molecule has 1 aromatic carbocycles. The van der Waals surface area contributed by atoms with Crippen LogP contribution in [0.25, 0.3) is 11.8 Å². The van der Waals surface area contributed by atoms with Crippen molar-refractivity contribution in [1.29, 1.82) is 0 Å². The van der Waals surface area contributed by atoms with Crippen LogP contribution in [0.3, 0.4) is 0 Å². The van der Waals surface area contributed by atoms with Crippen molar-refractivity contribution >= 4 is 11.8 Å². The molecular weight excluding hydrogens is 244 g/mol. The highest BCUT2D eigenvalue weighted by molar-refractivity contribution is 5.69. The Bertz CT molecular complexity index is 562. The summed E-state index contributed by atoms with van der Waals surface area (Å²) in [6.07, 6.45) is 10.5. The number of nitrogens with one attached hydrogen (secondary N) is 1. The van der Waals surface area contributed by atoms with E-state index in [0.29, 0.717) is 6.04 Å². The van der Waals surface area contributed by atoms with Gasteiger partial charge in [-0.2, -0.15) is 0 Å². The third-order valence-corrected chi connectivity index (χ3v) is 3.53. The Morgan fingerprint density at radius 3 is 2.60 bits per heavy atom. The van der Waals surface area contributed by atoms with Gasteiger partial charge in [0, 0.05) is 30.7 Å². The van der Waals surface area contributed by atoms with Gasteiger partial charge in [0.05, 0.1) is 0 Å². The molecule has 1 atom stereocenters. The fraction of sp³-hybridized carbons (Fsp3) is 0.222. The molecule has 1 aliphatic heterocycles. The molecule has 0 spiro atoms. The van der Waals surface area contributed by atoms with E-state index < -0.39 is 0 Å². The first-order chi connectivity index (χ1) is 9.65. The van der Waals surface area contributed by atoms with Crippen LogP contribution in [-0.2, 0) is 0 Å². The maximum atomic E-state index is 3.80. The molecule has 0 bridgehead atoms. The lowest BCUT2D eigenvalue weighted by Gasteiger charge is -2.31. The normalized spacial score (nSPS) is 18.8. The van der Waals surface area contributed by atoms with Crippen molar-refractivity contribution in [2.45, 2.75) is 19.9 Å². The molecule has 2 rings (SSSR count). The molecule has 104 valence electrons. The van der Waals surface area contributed by atoms with Crippen LogP contribution in [0.4, 0.5) is 0 Å². The number of hydrogen-bond donors (Lipinski definition) is 1. The van der Waals surface area contributed by atoms with Gasteiger partial charge >= 0.3 is 0 Å². The summed E-state index contributed by atoms with van der Waals surface area (Å²) in [6, 6.07) is 8.82. The average Bonchev–Trinajstić information content (AvgIpc) is 2.49. The van der Waals surface area contributed by atoms with Crippen LogP contribution in [0.1, 0.15) is 25.0 Å². The molecule has 1 aliphatic rings. The zero-order chi connectivity index (χ0) is 14.5. The first-order valence-corrected chi connectivity index (χ1v) is 6.91. The van der Waals surface area contributed by atoms with Gasteiger partial charge in [0.15, 0.2) is 0 Å². The third-order valence-electron chi connectivity index (χ3n) is 3.53. The van der Waals surface area contributed by atoms with E-state index in [1.807, 2.05) is 13.1 Å². The Hall–Kier alpha value is -2.22. The van der Waals surface area contributed by atoms with Crippen LogP contribution in [0, 0.1) is 0 Å². The van der Waals surface area contributed by atoms with E-state index >= 15 is 0 Å². The lowest BCUT2D eigenvalue weighted by Crippen LogP contribution is -2.28. The predicted molar refractivity (Wildman–Crippen MR) is 87.8 cm³/mol. The summed E-state index contributed by atoms with van der Waals surface area (Å²) >= 11 is 0. The number of nitrogens with zero attached hydrogens (tertiary/aromatic N) is 1. The van der Waals surface area contributed by atoms with Gasteiger partial charge in [-0.25, -0.2) is 0 Å². The molecule has 0 saturated carbocycles. The van der Waals surface area contributed by atoms with Crippen LogP contribution in [-0.4, -0.2) is 18.0 Å². The number of allylic oxidation sites excluding steroid dienone is 3. The summed E-state index contributed by atoms with van der Waals surface area (Å²) in [7, 11) is 1.94. The Balaban J connectivity index is 2.37. The quantitative estimate of drug-likeness (QED) is 0.885. The minimum atomic E-state index is 0.345. The molecule has 1 unspecified atom stereocenters. The molecule has 0 amide bonds. The van der Waals surface area contributed by atoms with E-state index in [2.05, 4.69) is 79.3 Å². The number of benzene rings is 1. The monoisotopic (exact) mass is 266 g/mol. The first-order valence-electron chi connectivity index (χ1n) is 6.91. The summed E-state index contributed by atoms with van der Waals surface area (Å²) in [5, 5.41) is 3.18. The third kappa shape index (κ3) is 3.02. The summed E-state index contributed by atoms with van der Waals surface area (Å²) in [6.45, 7) is 8.06. The van der Waals surface area contributed by atoms with Gasteiger partial charge in [-0.3, -0.25) is 0 Å². The molecule has 2 nitrogen and oxygen atoms in total. The van der Waals surface area contributed by atoms with Gasteiger partial charge in [0.2, 0.25) is 0 Å². The van der Waals surface area contributed by atoms with Gasteiger partial charge < -0.3 is 10.2 Å². The van der Waals surface area contributed by atoms with Crippen molar-refractivity contribution in [2.75, 3.05) is 7.05 Å². The second kappa shape index (κ2) is 6.29. The fourth-order valence-corrected chi connectivity index (χ4v) is 2.20. The van der Waals surface area contributed by atoms with Crippen molar-refractivity contribution < 1.29 is 0 Å². The zero-order valence-electron chi connectivity index (χ0n) is 12.4. The SMILES string of the molecule is C=Cc1ccc(C2=CC=CC(C)N2/C=C(\C)NC)cc1. The highest BCUT2D eigenvalue weighted by Crippen LogP contribution is 2.26. The topological polar surface area (TPSA) is 15.3 Å². The van der Waals surface area contributed by atoms with Gasteiger partial charge in [-0.05, 0) is 31.1 Å². The zero-order valence-corrected chi connectivity index (χ0v) is 12.4. The summed E-state index contributed by atoms with van der Waals surface area (Å²) in [5.41, 5.74) is 4.71. The summed E-state index contributed by atoms with van der Waals surface area (Å²) in [5.74, 6) is 0. The van der Waals surface area contributed by atoms with Crippen LogP contribution in [0.2, 0.25) is 0 Å². The highest BCUT2D eigenvalue weighted by Gasteiger charge is 2.17. The molecule has 1 heterocycles. The molecule has 1 N–H and O–H groups in total. The number of rotatable bonds is 4. The fourth-order valence-electron chi connectivity index (χ4n) is 2.20. The molecule has 0 aliphatic carbocycles. The van der Waals surface area contributed by atoms with E-state index in [-0.39, 0.29) is 0 Å². The second-order valence-electron chi connectivity index (χ2n) is 4.97. The minimum Gasteiger partial charge on any atom is -0.390 e. The van der Waals surface area contributed by atoms with Crippen LogP contribution in [0.5, 0.6) is 0 Å². The average molecular weight is 266 g/mol. The molecule has 0 aromatic heterocycles. The van der Waals surface area contributed by atoms with E-state index in [1.165, 1.54) is 11.3 Å². The van der Waals surface area contributed by atoms with Crippen molar-refractivity contribution in [3.05, 3.63) is 72.1 Å². The van der Waals surface area contributed by atoms with E-state index in [1.54, 1.807) is 0 Å². The van der Waals surface area contributed by atoms with E-state index in [0.717, 1.165) is 11.3 Å². The maximum Gasteiger partial charge on any atom is 0.0492 e. The predicted octanol–water partition coefficient (Wildman–Crippen LogP) is 4.01. The lowest BCUT2D eigenvalue weighted by atomic mass is 10.0. The molecule has 0 fully saturated rings. The largest absolute Gasteiger partial charge is 0.390 e. The van der Waals surface area contributed by atoms with Crippen LogP contribution < -0.4 is 5.32 Å². The van der Waals surface area contributed by atoms with Crippen LogP contribution >= 0.6 is 0 Å². The number of hydrogen-bond acceptors (Lipinski definition) is 2. The Morgan fingerprint density at radius 2 is 2.00 bits per heavy atom. The van der Waals surface area contributed by atoms with Crippen molar-refractivity contribution in [3.63, 3.8) is 0 Å². The van der Waals surface area contributed by atoms with Gasteiger partial charge in [0.1, 0.15) is 0 Å².